The highest BCUT2D eigenvalue weighted by Crippen LogP contribution is 2.40. The van der Waals surface area contributed by atoms with Gasteiger partial charge in [0, 0.05) is 17.7 Å². The highest BCUT2D eigenvalue weighted by Gasteiger charge is 2.21. The predicted octanol–water partition coefficient (Wildman–Crippen LogP) is 5.17. The van der Waals surface area contributed by atoms with Gasteiger partial charge in [0.2, 0.25) is 0 Å². The summed E-state index contributed by atoms with van der Waals surface area (Å²) in [7, 11) is 3.13. The average Bonchev–Trinajstić information content (AvgIpc) is 3.20. The Morgan fingerprint density at radius 2 is 1.81 bits per heavy atom. The average molecular weight is 441 g/mol. The number of hydrogen-bond donors (Lipinski definition) is 0. The topological polar surface area (TPSA) is 67.1 Å². The lowest BCUT2D eigenvalue weighted by atomic mass is 10.1. The predicted molar refractivity (Wildman–Crippen MR) is 114 cm³/mol. The van der Waals surface area contributed by atoms with Gasteiger partial charge < -0.3 is 19.1 Å². The number of fused-ring (bicyclic) bond motifs is 1. The lowest BCUT2D eigenvalue weighted by Gasteiger charge is -2.23. The van der Waals surface area contributed by atoms with Crippen LogP contribution in [0.5, 0.6) is 17.2 Å². The van der Waals surface area contributed by atoms with Gasteiger partial charge >= 0.3 is 0 Å². The van der Waals surface area contributed by atoms with E-state index in [1.807, 2.05) is 11.0 Å². The normalized spacial score (nSPS) is 12.3. The van der Waals surface area contributed by atoms with E-state index in [0.29, 0.717) is 27.9 Å². The molecule has 1 aromatic heterocycles. The van der Waals surface area contributed by atoms with Crippen molar-refractivity contribution in [1.82, 2.24) is 0 Å². The molecule has 0 aliphatic carbocycles. The smallest absolute Gasteiger partial charge is 0.162 e. The van der Waals surface area contributed by atoms with Gasteiger partial charge in [-0.25, -0.2) is 13.8 Å². The third kappa shape index (κ3) is 4.02. The van der Waals surface area contributed by atoms with Gasteiger partial charge in [0.25, 0.3) is 0 Å². The van der Waals surface area contributed by atoms with Crippen molar-refractivity contribution in [3.05, 3.63) is 64.0 Å². The number of methoxy groups -OCH3 is 2. The quantitative estimate of drug-likeness (QED) is 0.528. The van der Waals surface area contributed by atoms with Crippen LogP contribution >= 0.6 is 11.3 Å². The number of benzene rings is 2. The standard InChI is InChI=1S/C22H17F2N3O3S/c1-28-18-6-13-10-27(12-26-17(13)7-19(18)29-2)22-8-20(21(9-25)31-22)30-11-14-15(23)4-3-5-16(14)24/h3-8,12H,10-11H2,1-2H3. The maximum absolute atomic E-state index is 13.9. The molecule has 0 bridgehead atoms. The molecular formula is C22H17F2N3O3S. The van der Waals surface area contributed by atoms with E-state index in [4.69, 9.17) is 14.2 Å². The monoisotopic (exact) mass is 441 g/mol. The summed E-state index contributed by atoms with van der Waals surface area (Å²) in [6, 6.07) is 11.0. The van der Waals surface area contributed by atoms with E-state index in [1.54, 1.807) is 32.7 Å². The van der Waals surface area contributed by atoms with Crippen LogP contribution in [0, 0.1) is 23.0 Å². The molecule has 1 aliphatic rings. The van der Waals surface area contributed by atoms with Gasteiger partial charge in [0.1, 0.15) is 34.2 Å². The van der Waals surface area contributed by atoms with Crippen LogP contribution in [-0.4, -0.2) is 20.6 Å². The van der Waals surface area contributed by atoms with E-state index in [0.717, 1.165) is 23.4 Å². The highest BCUT2D eigenvalue weighted by molar-refractivity contribution is 7.17. The molecule has 0 unspecified atom stereocenters. The molecule has 3 aromatic rings. The summed E-state index contributed by atoms with van der Waals surface area (Å²) >= 11 is 1.21. The minimum Gasteiger partial charge on any atom is -0.493 e. The molecule has 0 saturated heterocycles. The fraction of sp³-hybridized carbons (Fsp3) is 0.182. The van der Waals surface area contributed by atoms with Crippen molar-refractivity contribution in [1.29, 1.82) is 5.26 Å². The summed E-state index contributed by atoms with van der Waals surface area (Å²) in [5.74, 6) is 0.0526. The number of rotatable bonds is 6. The fourth-order valence-electron chi connectivity index (χ4n) is 3.16. The molecule has 0 N–H and O–H groups in total. The Morgan fingerprint density at radius 1 is 1.10 bits per heavy atom. The van der Waals surface area contributed by atoms with Crippen LogP contribution < -0.4 is 19.1 Å². The molecule has 2 heterocycles. The van der Waals surface area contributed by atoms with Crippen molar-refractivity contribution in [2.75, 3.05) is 19.1 Å². The van der Waals surface area contributed by atoms with Gasteiger partial charge in [-0.05, 0) is 18.2 Å². The third-order valence-electron chi connectivity index (χ3n) is 4.77. The summed E-state index contributed by atoms with van der Waals surface area (Å²) in [6.07, 6.45) is 1.65. The van der Waals surface area contributed by atoms with Gasteiger partial charge in [-0.3, -0.25) is 0 Å². The van der Waals surface area contributed by atoms with E-state index < -0.39 is 11.6 Å². The van der Waals surface area contributed by atoms with E-state index in [2.05, 4.69) is 11.1 Å². The first kappa shape index (κ1) is 20.6. The lowest BCUT2D eigenvalue weighted by Crippen LogP contribution is -2.22. The number of ether oxygens (including phenoxy) is 3. The van der Waals surface area contributed by atoms with Crippen LogP contribution in [0.2, 0.25) is 0 Å². The Labute approximate surface area is 181 Å². The Morgan fingerprint density at radius 3 is 2.48 bits per heavy atom. The second-order valence-corrected chi connectivity index (χ2v) is 7.62. The largest absolute Gasteiger partial charge is 0.493 e. The van der Waals surface area contributed by atoms with E-state index >= 15 is 0 Å². The summed E-state index contributed by atoms with van der Waals surface area (Å²) in [4.78, 5) is 6.63. The number of aliphatic imine (C=N–C) groups is 1. The van der Waals surface area contributed by atoms with Crippen LogP contribution in [0.3, 0.4) is 0 Å². The molecule has 31 heavy (non-hydrogen) atoms. The molecule has 0 fully saturated rings. The Balaban J connectivity index is 1.57. The molecule has 0 saturated carbocycles. The molecule has 0 atom stereocenters. The van der Waals surface area contributed by atoms with Crippen LogP contribution in [0.15, 0.2) is 41.4 Å². The summed E-state index contributed by atoms with van der Waals surface area (Å²) in [6.45, 7) is 0.170. The van der Waals surface area contributed by atoms with Crippen molar-refractivity contribution in [2.24, 2.45) is 4.99 Å². The summed E-state index contributed by atoms with van der Waals surface area (Å²) < 4.78 is 44.0. The van der Waals surface area contributed by atoms with Crippen molar-refractivity contribution < 1.29 is 23.0 Å². The number of halogens is 2. The minimum absolute atomic E-state index is 0.186. The molecule has 2 aromatic carbocycles. The third-order valence-corrected chi connectivity index (χ3v) is 5.82. The number of anilines is 1. The van der Waals surface area contributed by atoms with Gasteiger partial charge in [0.05, 0.1) is 38.4 Å². The van der Waals surface area contributed by atoms with Crippen molar-refractivity contribution >= 4 is 28.4 Å². The fourth-order valence-corrected chi connectivity index (χ4v) is 4.03. The van der Waals surface area contributed by atoms with Crippen molar-refractivity contribution in [3.63, 3.8) is 0 Å². The van der Waals surface area contributed by atoms with E-state index in [1.165, 1.54) is 17.4 Å². The second kappa shape index (κ2) is 8.62. The maximum atomic E-state index is 13.9. The van der Waals surface area contributed by atoms with Crippen LogP contribution in [0.25, 0.3) is 0 Å². The number of thiophene rings is 1. The molecular weight excluding hydrogens is 424 g/mol. The number of nitriles is 1. The molecule has 4 rings (SSSR count). The number of hydrogen-bond acceptors (Lipinski definition) is 7. The summed E-state index contributed by atoms with van der Waals surface area (Å²) in [5, 5.41) is 10.2. The Hall–Kier alpha value is -3.64. The number of nitrogens with zero attached hydrogens (tertiary/aromatic N) is 3. The van der Waals surface area contributed by atoms with Crippen LogP contribution in [-0.2, 0) is 13.2 Å². The SMILES string of the molecule is COc1cc2c(cc1OC)N=CN(c1cc(OCc3c(F)cccc3F)c(C#N)s1)C2. The van der Waals surface area contributed by atoms with Gasteiger partial charge in [0.15, 0.2) is 17.2 Å². The molecule has 1 aliphatic heterocycles. The molecule has 9 heteroatoms. The van der Waals surface area contributed by atoms with Crippen LogP contribution in [0.1, 0.15) is 16.0 Å². The molecule has 0 spiro atoms. The lowest BCUT2D eigenvalue weighted by molar-refractivity contribution is 0.293. The highest BCUT2D eigenvalue weighted by atomic mass is 32.1. The first-order valence-corrected chi connectivity index (χ1v) is 10.0. The van der Waals surface area contributed by atoms with Gasteiger partial charge in [-0.15, -0.1) is 11.3 Å². The zero-order chi connectivity index (χ0) is 22.0. The first-order valence-electron chi connectivity index (χ1n) is 9.19. The molecule has 158 valence electrons. The van der Waals surface area contributed by atoms with Crippen molar-refractivity contribution in [2.45, 2.75) is 13.2 Å². The minimum atomic E-state index is -0.696. The van der Waals surface area contributed by atoms with Crippen LogP contribution in [0.4, 0.5) is 19.5 Å². The first-order chi connectivity index (χ1) is 15.0. The van der Waals surface area contributed by atoms with E-state index in [9.17, 15) is 14.0 Å². The zero-order valence-corrected chi connectivity index (χ0v) is 17.5. The molecule has 6 nitrogen and oxygen atoms in total. The Kier molecular flexibility index (Phi) is 5.73. The second-order valence-electron chi connectivity index (χ2n) is 6.59. The van der Waals surface area contributed by atoms with Gasteiger partial charge in [-0.2, -0.15) is 5.26 Å². The zero-order valence-electron chi connectivity index (χ0n) is 16.7. The van der Waals surface area contributed by atoms with E-state index in [-0.39, 0.29) is 17.9 Å². The molecule has 0 radical (unpaired) electrons. The Bertz CT molecular complexity index is 1180. The molecule has 0 amide bonds. The maximum Gasteiger partial charge on any atom is 0.162 e. The van der Waals surface area contributed by atoms with Gasteiger partial charge in [-0.1, -0.05) is 6.07 Å². The summed E-state index contributed by atoms with van der Waals surface area (Å²) in [5.41, 5.74) is 1.49. The van der Waals surface area contributed by atoms with Crippen molar-refractivity contribution in [3.8, 4) is 23.3 Å².